The predicted molar refractivity (Wildman–Crippen MR) is 103 cm³/mol. The molecule has 2 amide bonds. The average Bonchev–Trinajstić information content (AvgIpc) is 3.16. The number of carbonyl (C=O) groups excluding carboxylic acids is 2. The maximum atomic E-state index is 13.3. The number of piperidine rings is 1. The van der Waals surface area contributed by atoms with Crippen molar-refractivity contribution in [2.75, 3.05) is 13.1 Å². The zero-order chi connectivity index (χ0) is 20.9. The Bertz CT molecular complexity index is 972. The number of hydrogen-bond acceptors (Lipinski definition) is 4. The van der Waals surface area contributed by atoms with E-state index < -0.39 is 18.1 Å². The number of benzene rings is 1. The second kappa shape index (κ2) is 7.12. The first-order chi connectivity index (χ1) is 13.6. The fourth-order valence-electron chi connectivity index (χ4n) is 4.05. The maximum Gasteiger partial charge on any atom is 0.471 e. The van der Waals surface area contributed by atoms with Gasteiger partial charge in [0.2, 0.25) is 0 Å². The summed E-state index contributed by atoms with van der Waals surface area (Å²) in [5.74, 6) is -1.84. The topological polar surface area (TPSA) is 62.3 Å². The SMILES string of the molecule is Cc1cccc(-c2sc(C)nc2C(=O)N2C[C@H]3C[C@H]3[C@H]2CNC(=O)C(F)(F)F)c1. The number of alkyl halides is 3. The maximum absolute atomic E-state index is 13.3. The lowest BCUT2D eigenvalue weighted by Crippen LogP contribution is -2.48. The molecule has 0 radical (unpaired) electrons. The van der Waals surface area contributed by atoms with Crippen LogP contribution in [0.15, 0.2) is 24.3 Å². The molecular formula is C20H20F3N3O2S. The summed E-state index contributed by atoms with van der Waals surface area (Å²) in [5.41, 5.74) is 2.28. The number of rotatable bonds is 4. The highest BCUT2D eigenvalue weighted by atomic mass is 32.1. The van der Waals surface area contributed by atoms with E-state index in [4.69, 9.17) is 0 Å². The lowest BCUT2D eigenvalue weighted by atomic mass is 10.1. The van der Waals surface area contributed by atoms with Crippen LogP contribution in [0.25, 0.3) is 10.4 Å². The van der Waals surface area contributed by atoms with Crippen LogP contribution < -0.4 is 5.32 Å². The van der Waals surface area contributed by atoms with Crippen molar-refractivity contribution >= 4 is 23.2 Å². The summed E-state index contributed by atoms with van der Waals surface area (Å²) in [6, 6.07) is 7.33. The molecule has 1 aromatic heterocycles. The van der Waals surface area contributed by atoms with E-state index in [-0.39, 0.29) is 24.3 Å². The highest BCUT2D eigenvalue weighted by Crippen LogP contribution is 2.50. The van der Waals surface area contributed by atoms with Gasteiger partial charge in [0.25, 0.3) is 5.91 Å². The first-order valence-electron chi connectivity index (χ1n) is 9.35. The molecular weight excluding hydrogens is 403 g/mol. The van der Waals surface area contributed by atoms with Crippen molar-refractivity contribution in [1.29, 1.82) is 0 Å². The quantitative estimate of drug-likeness (QED) is 0.818. The molecule has 2 aromatic rings. The molecule has 154 valence electrons. The Labute approximate surface area is 169 Å². The molecule has 2 fully saturated rings. The van der Waals surface area contributed by atoms with Crippen molar-refractivity contribution < 1.29 is 22.8 Å². The zero-order valence-electron chi connectivity index (χ0n) is 15.9. The highest BCUT2D eigenvalue weighted by molar-refractivity contribution is 7.15. The molecule has 0 spiro atoms. The molecule has 29 heavy (non-hydrogen) atoms. The Morgan fingerprint density at radius 3 is 2.76 bits per heavy atom. The highest BCUT2D eigenvalue weighted by Gasteiger charge is 2.54. The summed E-state index contributed by atoms with van der Waals surface area (Å²) < 4.78 is 37.6. The average molecular weight is 423 g/mol. The van der Waals surface area contributed by atoms with E-state index >= 15 is 0 Å². The number of amides is 2. The molecule has 1 aliphatic carbocycles. The van der Waals surface area contributed by atoms with Crippen molar-refractivity contribution in [2.45, 2.75) is 32.5 Å². The Morgan fingerprint density at radius 1 is 1.31 bits per heavy atom. The van der Waals surface area contributed by atoms with Gasteiger partial charge in [0.05, 0.1) is 15.9 Å². The normalized spacial score (nSPS) is 23.1. The van der Waals surface area contributed by atoms with Crippen molar-refractivity contribution in [1.82, 2.24) is 15.2 Å². The van der Waals surface area contributed by atoms with Gasteiger partial charge in [-0.3, -0.25) is 9.59 Å². The van der Waals surface area contributed by atoms with E-state index in [1.807, 2.05) is 43.4 Å². The number of aromatic nitrogens is 1. The predicted octanol–water partition coefficient (Wildman–Crippen LogP) is 3.57. The molecule has 1 saturated carbocycles. The molecule has 2 aliphatic rings. The number of fused-ring (bicyclic) bond motifs is 1. The van der Waals surface area contributed by atoms with E-state index in [2.05, 4.69) is 4.98 Å². The van der Waals surface area contributed by atoms with Gasteiger partial charge in [0, 0.05) is 13.1 Å². The molecule has 0 unspecified atom stereocenters. The number of likely N-dealkylation sites (tertiary alicyclic amines) is 1. The second-order valence-corrected chi connectivity index (χ2v) is 8.88. The summed E-state index contributed by atoms with van der Waals surface area (Å²) >= 11 is 1.42. The smallest absolute Gasteiger partial charge is 0.346 e. The van der Waals surface area contributed by atoms with Gasteiger partial charge >= 0.3 is 12.1 Å². The zero-order valence-corrected chi connectivity index (χ0v) is 16.7. The molecule has 3 atom stereocenters. The van der Waals surface area contributed by atoms with Gasteiger partial charge in [0.15, 0.2) is 0 Å². The van der Waals surface area contributed by atoms with E-state index in [1.54, 1.807) is 4.90 Å². The van der Waals surface area contributed by atoms with Gasteiger partial charge in [-0.05, 0) is 37.7 Å². The number of nitrogens with zero attached hydrogens (tertiary/aromatic N) is 2. The number of hydrogen-bond donors (Lipinski definition) is 1. The Morgan fingerprint density at radius 2 is 2.07 bits per heavy atom. The first kappa shape index (κ1) is 19.9. The molecule has 1 aromatic carbocycles. The van der Waals surface area contributed by atoms with Crippen LogP contribution >= 0.6 is 11.3 Å². The Balaban J connectivity index is 1.57. The van der Waals surface area contributed by atoms with Crippen LogP contribution in [0.1, 0.15) is 27.5 Å². The van der Waals surface area contributed by atoms with Gasteiger partial charge in [0.1, 0.15) is 5.69 Å². The first-order valence-corrected chi connectivity index (χ1v) is 10.2. The molecule has 5 nitrogen and oxygen atoms in total. The molecule has 2 heterocycles. The minimum absolute atomic E-state index is 0.134. The van der Waals surface area contributed by atoms with Crippen molar-refractivity contribution in [3.63, 3.8) is 0 Å². The standard InChI is InChI=1S/C20H20F3N3O2S/c1-10-4-3-5-12(6-10)17-16(25-11(2)29-17)18(27)26-9-13-7-14(13)15(26)8-24-19(28)20(21,22)23/h3-6,13-15H,7-9H2,1-2H3,(H,24,28)/t13-,14-,15-/m1/s1. The second-order valence-electron chi connectivity index (χ2n) is 7.67. The number of nitrogens with one attached hydrogen (secondary N) is 1. The van der Waals surface area contributed by atoms with Crippen molar-refractivity contribution in [3.8, 4) is 10.4 Å². The van der Waals surface area contributed by atoms with Crippen LogP contribution in [0.5, 0.6) is 0 Å². The summed E-state index contributed by atoms with van der Waals surface area (Å²) in [7, 11) is 0. The van der Waals surface area contributed by atoms with E-state index in [0.29, 0.717) is 12.2 Å². The van der Waals surface area contributed by atoms with Gasteiger partial charge in [-0.15, -0.1) is 11.3 Å². The van der Waals surface area contributed by atoms with E-state index in [1.165, 1.54) is 11.3 Å². The van der Waals surface area contributed by atoms with Gasteiger partial charge in [-0.1, -0.05) is 29.8 Å². The third-order valence-corrected chi connectivity index (χ3v) is 6.53. The monoisotopic (exact) mass is 423 g/mol. The third kappa shape index (κ3) is 3.88. The molecule has 9 heteroatoms. The molecule has 0 bridgehead atoms. The van der Waals surface area contributed by atoms with Gasteiger partial charge in [-0.2, -0.15) is 13.2 Å². The van der Waals surface area contributed by atoms with Crippen LogP contribution in [0, 0.1) is 25.7 Å². The van der Waals surface area contributed by atoms with Crippen LogP contribution in [0.3, 0.4) is 0 Å². The Kier molecular flexibility index (Phi) is 4.88. The lowest BCUT2D eigenvalue weighted by molar-refractivity contribution is -0.173. The molecule has 1 N–H and O–H groups in total. The van der Waals surface area contributed by atoms with Crippen molar-refractivity contribution in [2.24, 2.45) is 11.8 Å². The van der Waals surface area contributed by atoms with Crippen molar-refractivity contribution in [3.05, 3.63) is 40.5 Å². The van der Waals surface area contributed by atoms with Crippen LogP contribution in [-0.4, -0.2) is 47.0 Å². The molecule has 4 rings (SSSR count). The molecule has 1 aliphatic heterocycles. The van der Waals surface area contributed by atoms with Crippen LogP contribution in [0.2, 0.25) is 0 Å². The largest absolute Gasteiger partial charge is 0.471 e. The minimum atomic E-state index is -4.93. The Hall–Kier alpha value is -2.42. The fourth-order valence-corrected chi connectivity index (χ4v) is 4.96. The number of halogens is 3. The number of aryl methyl sites for hydroxylation is 2. The van der Waals surface area contributed by atoms with Gasteiger partial charge in [-0.25, -0.2) is 4.98 Å². The van der Waals surface area contributed by atoms with Crippen LogP contribution in [0.4, 0.5) is 13.2 Å². The van der Waals surface area contributed by atoms with Crippen LogP contribution in [-0.2, 0) is 4.79 Å². The summed E-state index contributed by atoms with van der Waals surface area (Å²) in [6.07, 6.45) is -4.06. The molecule has 1 saturated heterocycles. The fraction of sp³-hybridized carbons (Fsp3) is 0.450. The number of carbonyl (C=O) groups is 2. The van der Waals surface area contributed by atoms with Gasteiger partial charge < -0.3 is 10.2 Å². The number of thiazole rings is 1. The lowest BCUT2D eigenvalue weighted by Gasteiger charge is -2.27. The third-order valence-electron chi connectivity index (χ3n) is 5.51. The van der Waals surface area contributed by atoms with E-state index in [9.17, 15) is 22.8 Å². The summed E-state index contributed by atoms with van der Waals surface area (Å²) in [4.78, 5) is 31.3. The van der Waals surface area contributed by atoms with E-state index in [0.717, 1.165) is 27.4 Å². The summed E-state index contributed by atoms with van der Waals surface area (Å²) in [5, 5.41) is 2.69. The minimum Gasteiger partial charge on any atom is -0.346 e. The summed E-state index contributed by atoms with van der Waals surface area (Å²) in [6.45, 7) is 4.07.